The normalized spacial score (nSPS) is 10.7. The molecule has 0 saturated carbocycles. The average molecular weight is 450 g/mol. The fraction of sp³-hybridized carbons (Fsp3) is 0.0435. The Morgan fingerprint density at radius 3 is 2.48 bits per heavy atom. The summed E-state index contributed by atoms with van der Waals surface area (Å²) in [6, 6.07) is 20.9. The van der Waals surface area contributed by atoms with Crippen LogP contribution in [0.3, 0.4) is 0 Å². The van der Waals surface area contributed by atoms with Crippen molar-refractivity contribution in [1.82, 2.24) is 0 Å². The highest BCUT2D eigenvalue weighted by atomic mass is 79.9. The van der Waals surface area contributed by atoms with Gasteiger partial charge in [-0.25, -0.2) is 0 Å². The Bertz CT molecular complexity index is 1260. The first-order chi connectivity index (χ1) is 14.0. The Morgan fingerprint density at radius 1 is 1.00 bits per heavy atom. The third-order valence-electron chi connectivity index (χ3n) is 4.48. The predicted octanol–water partition coefficient (Wildman–Crippen LogP) is 5.48. The number of benzene rings is 3. The van der Waals surface area contributed by atoms with Crippen LogP contribution in [-0.2, 0) is 0 Å². The zero-order chi connectivity index (χ0) is 20.4. The van der Waals surface area contributed by atoms with Crippen LogP contribution >= 0.6 is 15.9 Å². The molecule has 1 N–H and O–H groups in total. The van der Waals surface area contributed by atoms with E-state index in [4.69, 9.17) is 9.15 Å². The van der Waals surface area contributed by atoms with E-state index in [-0.39, 0.29) is 11.3 Å². The second-order valence-electron chi connectivity index (χ2n) is 6.35. The molecule has 1 aromatic heterocycles. The van der Waals surface area contributed by atoms with Crippen LogP contribution in [0.2, 0.25) is 0 Å². The lowest BCUT2D eigenvalue weighted by Crippen LogP contribution is -2.12. The minimum atomic E-state index is -0.212. The molecular weight excluding hydrogens is 434 g/mol. The van der Waals surface area contributed by atoms with E-state index in [2.05, 4.69) is 21.2 Å². The fourth-order valence-electron chi connectivity index (χ4n) is 2.97. The number of ether oxygens (including phenoxy) is 1. The number of methoxy groups -OCH3 is 1. The highest BCUT2D eigenvalue weighted by molar-refractivity contribution is 9.10. The molecular formula is C23H16BrNO4. The molecule has 6 heteroatoms. The molecule has 144 valence electrons. The van der Waals surface area contributed by atoms with Crippen LogP contribution < -0.4 is 15.5 Å². The highest BCUT2D eigenvalue weighted by Gasteiger charge is 2.11. The Hall–Kier alpha value is -3.38. The maximum Gasteiger partial charge on any atom is 0.256 e. The van der Waals surface area contributed by atoms with Gasteiger partial charge in [-0.1, -0.05) is 12.1 Å². The van der Waals surface area contributed by atoms with Crippen molar-refractivity contribution >= 4 is 38.5 Å². The topological polar surface area (TPSA) is 68.5 Å². The van der Waals surface area contributed by atoms with Gasteiger partial charge in [-0.3, -0.25) is 9.59 Å². The van der Waals surface area contributed by atoms with E-state index in [9.17, 15) is 9.59 Å². The number of carbonyl (C=O) groups is 1. The molecule has 0 fully saturated rings. The zero-order valence-electron chi connectivity index (χ0n) is 15.4. The largest absolute Gasteiger partial charge is 0.497 e. The number of hydrogen-bond donors (Lipinski definition) is 1. The standard InChI is InChI=1S/C23H16BrNO4/c1-28-16-10-11-21-18(12-16)20(26)13-22(29-21)14-6-8-15(9-7-14)25-23(27)17-4-2-3-5-19(17)24/h2-13H,1H3,(H,25,27). The Kier molecular flexibility index (Phi) is 5.18. The number of rotatable bonds is 4. The van der Waals surface area contributed by atoms with Crippen LogP contribution in [-0.4, -0.2) is 13.0 Å². The van der Waals surface area contributed by atoms with Crippen LogP contribution in [0.4, 0.5) is 5.69 Å². The third-order valence-corrected chi connectivity index (χ3v) is 5.17. The van der Waals surface area contributed by atoms with E-state index in [1.807, 2.05) is 12.1 Å². The fourth-order valence-corrected chi connectivity index (χ4v) is 3.43. The molecule has 0 bridgehead atoms. The summed E-state index contributed by atoms with van der Waals surface area (Å²) in [5.74, 6) is 0.843. The molecule has 4 aromatic rings. The van der Waals surface area contributed by atoms with Gasteiger partial charge in [-0.15, -0.1) is 0 Å². The number of nitrogens with one attached hydrogen (secondary N) is 1. The summed E-state index contributed by atoms with van der Waals surface area (Å²) >= 11 is 3.38. The van der Waals surface area contributed by atoms with Gasteiger partial charge >= 0.3 is 0 Å². The number of halogens is 1. The van der Waals surface area contributed by atoms with Crippen molar-refractivity contribution in [2.24, 2.45) is 0 Å². The van der Waals surface area contributed by atoms with Gasteiger partial charge in [-0.05, 0) is 70.5 Å². The molecule has 29 heavy (non-hydrogen) atoms. The minimum Gasteiger partial charge on any atom is -0.497 e. The molecule has 1 amide bonds. The Morgan fingerprint density at radius 2 is 1.76 bits per heavy atom. The molecule has 0 spiro atoms. The van der Waals surface area contributed by atoms with E-state index in [0.29, 0.717) is 33.7 Å². The highest BCUT2D eigenvalue weighted by Crippen LogP contribution is 2.26. The number of fused-ring (bicyclic) bond motifs is 1. The van der Waals surface area contributed by atoms with Crippen molar-refractivity contribution in [1.29, 1.82) is 0 Å². The Balaban J connectivity index is 1.60. The van der Waals surface area contributed by atoms with Gasteiger partial charge in [0.05, 0.1) is 18.1 Å². The van der Waals surface area contributed by atoms with Gasteiger partial charge in [0.2, 0.25) is 0 Å². The molecule has 0 aliphatic rings. The van der Waals surface area contributed by atoms with E-state index in [1.54, 1.807) is 61.7 Å². The SMILES string of the molecule is COc1ccc2oc(-c3ccc(NC(=O)c4ccccc4Br)cc3)cc(=O)c2c1. The number of hydrogen-bond acceptors (Lipinski definition) is 4. The first kappa shape index (κ1) is 19.0. The van der Waals surface area contributed by atoms with Crippen LogP contribution in [0.5, 0.6) is 5.75 Å². The predicted molar refractivity (Wildman–Crippen MR) is 117 cm³/mol. The number of anilines is 1. The monoisotopic (exact) mass is 449 g/mol. The lowest BCUT2D eigenvalue weighted by Gasteiger charge is -2.08. The second-order valence-corrected chi connectivity index (χ2v) is 7.20. The smallest absolute Gasteiger partial charge is 0.256 e. The molecule has 0 saturated heterocycles. The molecule has 0 atom stereocenters. The van der Waals surface area contributed by atoms with Gasteiger partial charge < -0.3 is 14.5 Å². The first-order valence-electron chi connectivity index (χ1n) is 8.83. The van der Waals surface area contributed by atoms with Gasteiger partial charge in [0, 0.05) is 21.8 Å². The lowest BCUT2D eigenvalue weighted by atomic mass is 10.1. The zero-order valence-corrected chi connectivity index (χ0v) is 17.0. The van der Waals surface area contributed by atoms with Crippen LogP contribution in [0, 0.1) is 0 Å². The quantitative estimate of drug-likeness (QED) is 0.447. The molecule has 0 radical (unpaired) electrons. The van der Waals surface area contributed by atoms with Crippen LogP contribution in [0.1, 0.15) is 10.4 Å². The van der Waals surface area contributed by atoms with Crippen molar-refractivity contribution in [2.45, 2.75) is 0 Å². The van der Waals surface area contributed by atoms with Crippen molar-refractivity contribution in [3.8, 4) is 17.1 Å². The molecule has 1 heterocycles. The molecule has 5 nitrogen and oxygen atoms in total. The van der Waals surface area contributed by atoms with E-state index in [0.717, 1.165) is 10.0 Å². The maximum absolute atomic E-state index is 12.5. The summed E-state index contributed by atoms with van der Waals surface area (Å²) in [4.78, 5) is 24.9. The van der Waals surface area contributed by atoms with Gasteiger partial charge in [-0.2, -0.15) is 0 Å². The van der Waals surface area contributed by atoms with Crippen molar-refractivity contribution in [2.75, 3.05) is 12.4 Å². The van der Waals surface area contributed by atoms with Crippen molar-refractivity contribution < 1.29 is 13.9 Å². The summed E-state index contributed by atoms with van der Waals surface area (Å²) in [6.07, 6.45) is 0. The van der Waals surface area contributed by atoms with Crippen molar-refractivity contribution in [3.63, 3.8) is 0 Å². The van der Waals surface area contributed by atoms with Crippen molar-refractivity contribution in [3.05, 3.63) is 93.1 Å². The molecule has 0 unspecified atom stereocenters. The minimum absolute atomic E-state index is 0.147. The van der Waals surface area contributed by atoms with Gasteiger partial charge in [0.1, 0.15) is 17.1 Å². The number of amides is 1. The van der Waals surface area contributed by atoms with Gasteiger partial charge in [0.15, 0.2) is 5.43 Å². The van der Waals surface area contributed by atoms with Gasteiger partial charge in [0.25, 0.3) is 5.91 Å². The molecule has 3 aromatic carbocycles. The molecule has 0 aliphatic carbocycles. The van der Waals surface area contributed by atoms with E-state index in [1.165, 1.54) is 6.07 Å². The lowest BCUT2D eigenvalue weighted by molar-refractivity contribution is 0.102. The molecule has 4 rings (SSSR count). The summed E-state index contributed by atoms with van der Waals surface area (Å²) in [5.41, 5.74) is 2.26. The third kappa shape index (κ3) is 3.93. The van der Waals surface area contributed by atoms with E-state index >= 15 is 0 Å². The van der Waals surface area contributed by atoms with E-state index < -0.39 is 0 Å². The Labute approximate surface area is 175 Å². The molecule has 0 aliphatic heterocycles. The summed E-state index contributed by atoms with van der Waals surface area (Å²) < 4.78 is 11.8. The van der Waals surface area contributed by atoms with Crippen LogP contribution in [0.25, 0.3) is 22.3 Å². The number of carbonyl (C=O) groups excluding carboxylic acids is 1. The maximum atomic E-state index is 12.5. The summed E-state index contributed by atoms with van der Waals surface area (Å²) in [7, 11) is 1.55. The average Bonchev–Trinajstić information content (AvgIpc) is 2.74. The summed E-state index contributed by atoms with van der Waals surface area (Å²) in [5, 5.41) is 3.32. The van der Waals surface area contributed by atoms with Crippen LogP contribution in [0.15, 0.2) is 86.5 Å². The summed E-state index contributed by atoms with van der Waals surface area (Å²) in [6.45, 7) is 0. The first-order valence-corrected chi connectivity index (χ1v) is 9.62. The second kappa shape index (κ2) is 7.93.